The Hall–Kier alpha value is -2.18. The highest BCUT2D eigenvalue weighted by Crippen LogP contribution is 2.18. The van der Waals surface area contributed by atoms with Gasteiger partial charge in [0.1, 0.15) is 5.82 Å². The molecule has 1 fully saturated rings. The fraction of sp³-hybridized carbons (Fsp3) is 0.429. The number of likely N-dealkylation sites (tertiary alicyclic amines) is 1. The SMILES string of the molecule is C=C1C=C(C(F)F)N/C(=C(\C=N)C(=O)N2CCCCC2)N1. The lowest BCUT2D eigenvalue weighted by Gasteiger charge is -2.29. The molecule has 21 heavy (non-hydrogen) atoms. The number of carbonyl (C=O) groups excluding carboxylic acids is 1. The van der Waals surface area contributed by atoms with Crippen molar-refractivity contribution in [2.45, 2.75) is 25.7 Å². The molecule has 7 heteroatoms. The largest absolute Gasteiger partial charge is 0.342 e. The predicted molar refractivity (Wildman–Crippen MR) is 75.7 cm³/mol. The molecule has 2 aliphatic rings. The summed E-state index contributed by atoms with van der Waals surface area (Å²) in [6, 6.07) is 0. The van der Waals surface area contributed by atoms with Gasteiger partial charge in [-0.25, -0.2) is 8.78 Å². The van der Waals surface area contributed by atoms with E-state index in [0.29, 0.717) is 13.1 Å². The van der Waals surface area contributed by atoms with Gasteiger partial charge >= 0.3 is 0 Å². The van der Waals surface area contributed by atoms with Gasteiger partial charge in [-0.05, 0) is 25.3 Å². The molecule has 0 unspecified atom stereocenters. The molecule has 0 spiro atoms. The van der Waals surface area contributed by atoms with Crippen LogP contribution in [0.2, 0.25) is 0 Å². The number of rotatable bonds is 3. The number of hydrogen-bond donors (Lipinski definition) is 3. The van der Waals surface area contributed by atoms with E-state index in [4.69, 9.17) is 5.41 Å². The van der Waals surface area contributed by atoms with Gasteiger partial charge in [0.15, 0.2) is 0 Å². The minimum Gasteiger partial charge on any atom is -0.342 e. The maximum Gasteiger partial charge on any atom is 0.278 e. The average molecular weight is 296 g/mol. The Morgan fingerprint density at radius 1 is 1.33 bits per heavy atom. The van der Waals surface area contributed by atoms with E-state index < -0.39 is 6.43 Å². The van der Waals surface area contributed by atoms with Crippen LogP contribution in [-0.4, -0.2) is 36.5 Å². The molecule has 0 aromatic rings. The highest BCUT2D eigenvalue weighted by atomic mass is 19.3. The van der Waals surface area contributed by atoms with Crippen molar-refractivity contribution < 1.29 is 13.6 Å². The molecular weight excluding hydrogens is 278 g/mol. The maximum absolute atomic E-state index is 12.8. The van der Waals surface area contributed by atoms with Gasteiger partial charge in [0, 0.05) is 25.0 Å². The summed E-state index contributed by atoms with van der Waals surface area (Å²) in [5.74, 6) is -0.244. The molecule has 0 aliphatic carbocycles. The minimum absolute atomic E-state index is 0.0318. The van der Waals surface area contributed by atoms with Gasteiger partial charge in [0.25, 0.3) is 12.3 Å². The maximum atomic E-state index is 12.8. The monoisotopic (exact) mass is 296 g/mol. The summed E-state index contributed by atoms with van der Waals surface area (Å²) in [5.41, 5.74) is -0.0475. The second-order valence-electron chi connectivity index (χ2n) is 4.96. The zero-order valence-corrected chi connectivity index (χ0v) is 11.6. The molecule has 0 bridgehead atoms. The van der Waals surface area contributed by atoms with Crippen LogP contribution < -0.4 is 10.6 Å². The van der Waals surface area contributed by atoms with Crippen molar-refractivity contribution >= 4 is 12.1 Å². The zero-order valence-electron chi connectivity index (χ0n) is 11.6. The average Bonchev–Trinajstić information content (AvgIpc) is 2.48. The van der Waals surface area contributed by atoms with Crippen LogP contribution in [0.1, 0.15) is 19.3 Å². The number of nitrogens with one attached hydrogen (secondary N) is 3. The molecule has 0 atom stereocenters. The third kappa shape index (κ3) is 3.48. The van der Waals surface area contributed by atoms with Gasteiger partial charge in [-0.2, -0.15) is 0 Å². The molecular formula is C14H18F2N4O. The van der Waals surface area contributed by atoms with Crippen LogP contribution in [0.3, 0.4) is 0 Å². The summed E-state index contributed by atoms with van der Waals surface area (Å²) in [4.78, 5) is 14.1. The topological polar surface area (TPSA) is 68.2 Å². The van der Waals surface area contributed by atoms with E-state index >= 15 is 0 Å². The van der Waals surface area contributed by atoms with E-state index in [9.17, 15) is 13.6 Å². The van der Waals surface area contributed by atoms with Crippen LogP contribution in [0.4, 0.5) is 8.78 Å². The lowest BCUT2D eigenvalue weighted by molar-refractivity contribution is -0.127. The van der Waals surface area contributed by atoms with Gasteiger partial charge in [0.2, 0.25) is 0 Å². The first-order chi connectivity index (χ1) is 10.0. The fourth-order valence-corrected chi connectivity index (χ4v) is 2.36. The van der Waals surface area contributed by atoms with Crippen molar-refractivity contribution in [1.82, 2.24) is 15.5 Å². The van der Waals surface area contributed by atoms with Gasteiger partial charge in [0.05, 0.1) is 11.3 Å². The minimum atomic E-state index is -2.70. The first-order valence-electron chi connectivity index (χ1n) is 6.79. The summed E-state index contributed by atoms with van der Waals surface area (Å²) in [6.45, 7) is 4.84. The first kappa shape index (κ1) is 15.2. The Kier molecular flexibility index (Phi) is 4.72. The normalized spacial score (nSPS) is 21.4. The summed E-state index contributed by atoms with van der Waals surface area (Å²) in [7, 11) is 0. The van der Waals surface area contributed by atoms with Crippen LogP contribution in [-0.2, 0) is 4.79 Å². The lowest BCUT2D eigenvalue weighted by atomic mass is 10.1. The Morgan fingerprint density at radius 2 is 2.00 bits per heavy atom. The molecule has 0 aromatic heterocycles. The van der Waals surface area contributed by atoms with E-state index in [1.165, 1.54) is 6.08 Å². The van der Waals surface area contributed by atoms with Crippen molar-refractivity contribution in [3.63, 3.8) is 0 Å². The number of piperidine rings is 1. The summed E-state index contributed by atoms with van der Waals surface area (Å²) >= 11 is 0. The Labute approximate surface area is 121 Å². The third-order valence-corrected chi connectivity index (χ3v) is 3.41. The van der Waals surface area contributed by atoms with Crippen molar-refractivity contribution in [2.75, 3.05) is 13.1 Å². The number of carbonyl (C=O) groups is 1. The molecule has 0 aromatic carbocycles. The first-order valence-corrected chi connectivity index (χ1v) is 6.79. The number of allylic oxidation sites excluding steroid dienone is 2. The van der Waals surface area contributed by atoms with Crippen LogP contribution >= 0.6 is 0 Å². The number of nitrogens with zero attached hydrogens (tertiary/aromatic N) is 1. The number of amides is 1. The van der Waals surface area contributed by atoms with Gasteiger partial charge < -0.3 is 20.9 Å². The van der Waals surface area contributed by atoms with Crippen LogP contribution in [0.15, 0.2) is 35.4 Å². The lowest BCUT2D eigenvalue weighted by Crippen LogP contribution is -2.41. The van der Waals surface area contributed by atoms with E-state index in [1.54, 1.807) is 4.90 Å². The second-order valence-corrected chi connectivity index (χ2v) is 4.96. The summed E-state index contributed by atoms with van der Waals surface area (Å²) in [5, 5.41) is 12.6. The molecule has 1 saturated heterocycles. The van der Waals surface area contributed by atoms with Crippen LogP contribution in [0, 0.1) is 5.41 Å². The highest BCUT2D eigenvalue weighted by Gasteiger charge is 2.25. The Balaban J connectivity index is 2.26. The fourth-order valence-electron chi connectivity index (χ4n) is 2.36. The summed E-state index contributed by atoms with van der Waals surface area (Å²) < 4.78 is 25.6. The quantitative estimate of drug-likeness (QED) is 0.548. The van der Waals surface area contributed by atoms with Crippen molar-refractivity contribution in [2.24, 2.45) is 0 Å². The van der Waals surface area contributed by atoms with E-state index in [0.717, 1.165) is 25.5 Å². The standard InChI is InChI=1S/C14H18F2N4O/c1-9-7-11(12(15)16)19-13(18-9)10(8-17)14(21)20-5-3-2-4-6-20/h7-8,12,17-19H,1-6H2/b13-10+,17-8?. The van der Waals surface area contributed by atoms with Gasteiger partial charge in [-0.3, -0.25) is 4.79 Å². The molecule has 2 heterocycles. The van der Waals surface area contributed by atoms with Crippen LogP contribution in [0.5, 0.6) is 0 Å². The van der Waals surface area contributed by atoms with Gasteiger partial charge in [-0.1, -0.05) is 6.58 Å². The zero-order chi connectivity index (χ0) is 15.4. The van der Waals surface area contributed by atoms with E-state index in [1.807, 2.05) is 0 Å². The third-order valence-electron chi connectivity index (χ3n) is 3.41. The Bertz CT molecular complexity index is 519. The molecule has 114 valence electrons. The molecule has 0 radical (unpaired) electrons. The number of hydrogen-bond acceptors (Lipinski definition) is 4. The highest BCUT2D eigenvalue weighted by molar-refractivity contribution is 6.12. The van der Waals surface area contributed by atoms with E-state index in [-0.39, 0.29) is 28.7 Å². The van der Waals surface area contributed by atoms with E-state index in [2.05, 4.69) is 17.2 Å². The van der Waals surface area contributed by atoms with Crippen molar-refractivity contribution in [1.29, 1.82) is 5.41 Å². The Morgan fingerprint density at radius 3 is 2.57 bits per heavy atom. The molecule has 2 rings (SSSR count). The van der Waals surface area contributed by atoms with Crippen molar-refractivity contribution in [3.8, 4) is 0 Å². The number of halogens is 2. The van der Waals surface area contributed by atoms with Crippen molar-refractivity contribution in [3.05, 3.63) is 35.4 Å². The molecule has 1 amide bonds. The molecule has 0 saturated carbocycles. The smallest absolute Gasteiger partial charge is 0.278 e. The summed E-state index contributed by atoms with van der Waals surface area (Å²) in [6.07, 6.45) is 2.28. The van der Waals surface area contributed by atoms with Crippen LogP contribution in [0.25, 0.3) is 0 Å². The molecule has 3 N–H and O–H groups in total. The second kappa shape index (κ2) is 6.51. The molecule has 2 aliphatic heterocycles. The molecule has 5 nitrogen and oxygen atoms in total. The van der Waals surface area contributed by atoms with Gasteiger partial charge in [-0.15, -0.1) is 0 Å². The predicted octanol–water partition coefficient (Wildman–Crippen LogP) is 1.72. The number of alkyl halides is 2.